The number of ether oxygens (including phenoxy) is 1. The molecule has 0 amide bonds. The molecule has 0 aromatic carbocycles. The van der Waals surface area contributed by atoms with E-state index in [9.17, 15) is 0 Å². The van der Waals surface area contributed by atoms with Gasteiger partial charge in [-0.3, -0.25) is 5.41 Å². The molecule has 0 radical (unpaired) electrons. The molecule has 0 spiro atoms. The van der Waals surface area contributed by atoms with Crippen molar-refractivity contribution in [3.05, 3.63) is 0 Å². The van der Waals surface area contributed by atoms with E-state index < -0.39 is 0 Å². The molecule has 3 heteroatoms. The van der Waals surface area contributed by atoms with Gasteiger partial charge in [0.25, 0.3) is 0 Å². The third-order valence-corrected chi connectivity index (χ3v) is 3.95. The highest BCUT2D eigenvalue weighted by molar-refractivity contribution is 5.82. The molecule has 3 fully saturated rings. The molecule has 2 heterocycles. The molecule has 3 nitrogen and oxygen atoms in total. The third kappa shape index (κ3) is 1.26. The van der Waals surface area contributed by atoms with Crippen LogP contribution in [0.4, 0.5) is 0 Å². The normalized spacial score (nSPS) is 37.0. The Balaban J connectivity index is 1.67. The maximum Gasteiger partial charge on any atom is 0.0993 e. The molecule has 0 aromatic rings. The molecular formula is C11H18N2O. The molecule has 1 N–H and O–H groups in total. The molecule has 1 saturated carbocycles. The van der Waals surface area contributed by atoms with E-state index in [4.69, 9.17) is 10.1 Å². The topological polar surface area (TPSA) is 36.3 Å². The summed E-state index contributed by atoms with van der Waals surface area (Å²) in [6, 6.07) is 0.535. The SMILES string of the molecule is N=C(C1CCCC1)N1CC2CC1CO2. The van der Waals surface area contributed by atoms with Crippen molar-refractivity contribution in [3.63, 3.8) is 0 Å². The first kappa shape index (κ1) is 8.72. The lowest BCUT2D eigenvalue weighted by atomic mass is 10.1. The second-order valence-electron chi connectivity index (χ2n) is 4.86. The Hall–Kier alpha value is -0.570. The fourth-order valence-corrected chi connectivity index (χ4v) is 3.13. The quantitative estimate of drug-likeness (QED) is 0.508. The van der Waals surface area contributed by atoms with Gasteiger partial charge in [0.2, 0.25) is 0 Å². The van der Waals surface area contributed by atoms with Gasteiger partial charge in [-0.25, -0.2) is 0 Å². The number of hydrogen-bond donors (Lipinski definition) is 1. The van der Waals surface area contributed by atoms with Crippen molar-refractivity contribution in [3.8, 4) is 0 Å². The molecule has 0 aromatic heterocycles. The smallest absolute Gasteiger partial charge is 0.0993 e. The Morgan fingerprint density at radius 2 is 2.07 bits per heavy atom. The average Bonchev–Trinajstić information content (AvgIpc) is 2.93. The Kier molecular flexibility index (Phi) is 2.01. The highest BCUT2D eigenvalue weighted by Crippen LogP contribution is 2.33. The summed E-state index contributed by atoms with van der Waals surface area (Å²) in [6.45, 7) is 1.85. The van der Waals surface area contributed by atoms with Crippen molar-refractivity contribution in [1.82, 2.24) is 4.90 Å². The van der Waals surface area contributed by atoms with Crippen molar-refractivity contribution >= 4 is 5.84 Å². The number of rotatable bonds is 1. The van der Waals surface area contributed by atoms with E-state index in [1.807, 2.05) is 0 Å². The molecule has 2 aliphatic heterocycles. The van der Waals surface area contributed by atoms with Crippen LogP contribution in [0.2, 0.25) is 0 Å². The lowest BCUT2D eigenvalue weighted by Gasteiger charge is -2.31. The minimum Gasteiger partial charge on any atom is -0.374 e. The van der Waals surface area contributed by atoms with E-state index in [1.54, 1.807) is 0 Å². The van der Waals surface area contributed by atoms with Crippen LogP contribution in [-0.2, 0) is 4.74 Å². The van der Waals surface area contributed by atoms with Gasteiger partial charge in [-0.2, -0.15) is 0 Å². The molecule has 14 heavy (non-hydrogen) atoms. The summed E-state index contributed by atoms with van der Waals surface area (Å²) in [4.78, 5) is 2.31. The second kappa shape index (κ2) is 3.23. The molecular weight excluding hydrogens is 176 g/mol. The van der Waals surface area contributed by atoms with Crippen LogP contribution < -0.4 is 0 Å². The second-order valence-corrected chi connectivity index (χ2v) is 4.86. The Morgan fingerprint density at radius 3 is 2.64 bits per heavy atom. The number of hydrogen-bond acceptors (Lipinski definition) is 2. The lowest BCUT2D eigenvalue weighted by Crippen LogP contribution is -2.43. The van der Waals surface area contributed by atoms with Gasteiger partial charge in [0.1, 0.15) is 0 Å². The Bertz CT molecular complexity index is 248. The monoisotopic (exact) mass is 194 g/mol. The van der Waals surface area contributed by atoms with Gasteiger partial charge in [0.15, 0.2) is 0 Å². The van der Waals surface area contributed by atoms with Gasteiger partial charge < -0.3 is 9.64 Å². The van der Waals surface area contributed by atoms with Crippen molar-refractivity contribution in [2.45, 2.75) is 44.2 Å². The van der Waals surface area contributed by atoms with E-state index in [-0.39, 0.29) is 0 Å². The fourth-order valence-electron chi connectivity index (χ4n) is 3.13. The number of morpholine rings is 1. The number of likely N-dealkylation sites (tertiary alicyclic amines) is 1. The largest absolute Gasteiger partial charge is 0.374 e. The zero-order valence-electron chi connectivity index (χ0n) is 8.54. The Labute approximate surface area is 84.9 Å². The van der Waals surface area contributed by atoms with Crippen LogP contribution in [0, 0.1) is 11.3 Å². The van der Waals surface area contributed by atoms with Gasteiger partial charge in [-0.15, -0.1) is 0 Å². The average molecular weight is 194 g/mol. The third-order valence-electron chi connectivity index (χ3n) is 3.95. The predicted octanol–water partition coefficient (Wildman–Crippen LogP) is 1.63. The predicted molar refractivity (Wildman–Crippen MR) is 54.5 cm³/mol. The van der Waals surface area contributed by atoms with E-state index in [0.29, 0.717) is 18.1 Å². The fraction of sp³-hybridized carbons (Fsp3) is 0.909. The van der Waals surface area contributed by atoms with E-state index in [2.05, 4.69) is 4.90 Å². The number of nitrogens with zero attached hydrogens (tertiary/aromatic N) is 1. The van der Waals surface area contributed by atoms with Gasteiger partial charge in [0.05, 0.1) is 24.6 Å². The zero-order valence-corrected chi connectivity index (χ0v) is 8.54. The molecule has 3 rings (SSSR count). The van der Waals surface area contributed by atoms with E-state index >= 15 is 0 Å². The highest BCUT2D eigenvalue weighted by Gasteiger charge is 2.41. The zero-order chi connectivity index (χ0) is 9.54. The van der Waals surface area contributed by atoms with Crippen molar-refractivity contribution < 1.29 is 4.74 Å². The first-order valence-electron chi connectivity index (χ1n) is 5.81. The summed E-state index contributed by atoms with van der Waals surface area (Å²) in [5.41, 5.74) is 0. The molecule has 1 aliphatic carbocycles. The van der Waals surface area contributed by atoms with Crippen LogP contribution in [0.5, 0.6) is 0 Å². The van der Waals surface area contributed by atoms with Crippen LogP contribution in [0.25, 0.3) is 0 Å². The molecule has 78 valence electrons. The number of nitrogens with one attached hydrogen (secondary N) is 1. The highest BCUT2D eigenvalue weighted by atomic mass is 16.5. The van der Waals surface area contributed by atoms with Crippen molar-refractivity contribution in [2.24, 2.45) is 5.92 Å². The maximum atomic E-state index is 8.21. The number of fused-ring (bicyclic) bond motifs is 2. The standard InChI is InChI=1S/C11H18N2O/c12-11(8-3-1-2-4-8)13-6-10-5-9(13)7-14-10/h8-10,12H,1-7H2. The first-order valence-corrected chi connectivity index (χ1v) is 5.81. The molecule has 2 atom stereocenters. The summed E-state index contributed by atoms with van der Waals surface area (Å²) in [7, 11) is 0. The molecule has 2 bridgehead atoms. The van der Waals surface area contributed by atoms with Crippen molar-refractivity contribution in [1.29, 1.82) is 5.41 Å². The van der Waals surface area contributed by atoms with Gasteiger partial charge in [-0.05, 0) is 19.3 Å². The summed E-state index contributed by atoms with van der Waals surface area (Å²) < 4.78 is 5.56. The molecule has 3 aliphatic rings. The lowest BCUT2D eigenvalue weighted by molar-refractivity contribution is 0.0546. The van der Waals surface area contributed by atoms with Gasteiger partial charge in [-0.1, -0.05) is 12.8 Å². The van der Waals surface area contributed by atoms with Gasteiger partial charge in [0, 0.05) is 12.5 Å². The van der Waals surface area contributed by atoms with Crippen LogP contribution in [0.3, 0.4) is 0 Å². The molecule has 2 unspecified atom stereocenters. The van der Waals surface area contributed by atoms with Crippen molar-refractivity contribution in [2.75, 3.05) is 13.2 Å². The minimum atomic E-state index is 0.432. The molecule has 2 saturated heterocycles. The minimum absolute atomic E-state index is 0.432. The van der Waals surface area contributed by atoms with Crippen LogP contribution in [0.15, 0.2) is 0 Å². The maximum absolute atomic E-state index is 8.21. The van der Waals surface area contributed by atoms with E-state index in [0.717, 1.165) is 25.4 Å². The summed E-state index contributed by atoms with van der Waals surface area (Å²) in [5.74, 6) is 1.48. The summed E-state index contributed by atoms with van der Waals surface area (Å²) in [5, 5.41) is 8.21. The number of amidine groups is 1. The first-order chi connectivity index (χ1) is 6.84. The van der Waals surface area contributed by atoms with Gasteiger partial charge >= 0.3 is 0 Å². The summed E-state index contributed by atoms with van der Waals surface area (Å²) in [6.07, 6.45) is 6.73. The van der Waals surface area contributed by atoms with Crippen LogP contribution in [-0.4, -0.2) is 36.0 Å². The van der Waals surface area contributed by atoms with Crippen LogP contribution >= 0.6 is 0 Å². The van der Waals surface area contributed by atoms with Crippen LogP contribution in [0.1, 0.15) is 32.1 Å². The summed E-state index contributed by atoms with van der Waals surface area (Å²) >= 11 is 0. The van der Waals surface area contributed by atoms with E-state index in [1.165, 1.54) is 25.7 Å². The Morgan fingerprint density at radius 1 is 1.29 bits per heavy atom.